The summed E-state index contributed by atoms with van der Waals surface area (Å²) >= 11 is 0. The van der Waals surface area contributed by atoms with Crippen LogP contribution in [0.1, 0.15) is 30.9 Å². The number of likely N-dealkylation sites (tertiary alicyclic amines) is 1. The summed E-state index contributed by atoms with van der Waals surface area (Å²) in [5.74, 6) is -0.208. The van der Waals surface area contributed by atoms with E-state index in [9.17, 15) is 22.8 Å². The molecule has 0 bridgehead atoms. The van der Waals surface area contributed by atoms with Gasteiger partial charge in [0.1, 0.15) is 6.04 Å². The standard InChI is InChI=1S/C22H23F3N2O2/c1-15(28)27-14-2-3-20(27)21(29)26-13-12-16-4-6-17(7-5-16)18-8-10-19(11-9-18)22(23,24)25/h4-11,20H,2-3,12-14H2,1H3,(H,26,29). The molecule has 0 spiro atoms. The minimum Gasteiger partial charge on any atom is -0.354 e. The van der Waals surface area contributed by atoms with Gasteiger partial charge in [-0.3, -0.25) is 9.59 Å². The van der Waals surface area contributed by atoms with Crippen LogP contribution in [0, 0.1) is 0 Å². The number of alkyl halides is 3. The molecule has 2 aromatic rings. The van der Waals surface area contributed by atoms with Crippen molar-refractivity contribution in [3.05, 3.63) is 59.7 Å². The lowest BCUT2D eigenvalue weighted by atomic mass is 10.0. The van der Waals surface area contributed by atoms with Crippen molar-refractivity contribution in [3.63, 3.8) is 0 Å². The Morgan fingerprint density at radius 1 is 1.03 bits per heavy atom. The first-order chi connectivity index (χ1) is 13.8. The fourth-order valence-corrected chi connectivity index (χ4v) is 3.58. The molecular formula is C22H23F3N2O2. The van der Waals surface area contributed by atoms with E-state index in [1.165, 1.54) is 19.1 Å². The van der Waals surface area contributed by atoms with Gasteiger partial charge in [0.05, 0.1) is 5.56 Å². The fraction of sp³-hybridized carbons (Fsp3) is 0.364. The lowest BCUT2D eigenvalue weighted by molar-refractivity contribution is -0.137. The Hall–Kier alpha value is -2.83. The SMILES string of the molecule is CC(=O)N1CCCC1C(=O)NCCc1ccc(-c2ccc(C(F)(F)F)cc2)cc1. The average Bonchev–Trinajstić information content (AvgIpc) is 3.18. The van der Waals surface area contributed by atoms with Gasteiger partial charge in [-0.1, -0.05) is 36.4 Å². The molecule has 1 aliphatic heterocycles. The molecule has 1 fully saturated rings. The lowest BCUT2D eigenvalue weighted by Gasteiger charge is -2.22. The third-order valence-corrected chi connectivity index (χ3v) is 5.17. The summed E-state index contributed by atoms with van der Waals surface area (Å²) in [6, 6.07) is 12.2. The Kier molecular flexibility index (Phi) is 6.25. The second kappa shape index (κ2) is 8.68. The summed E-state index contributed by atoms with van der Waals surface area (Å²) in [6.07, 6.45) is -2.19. The van der Waals surface area contributed by atoms with Crippen molar-refractivity contribution in [1.82, 2.24) is 10.2 Å². The quantitative estimate of drug-likeness (QED) is 0.818. The monoisotopic (exact) mass is 404 g/mol. The number of benzene rings is 2. The van der Waals surface area contributed by atoms with E-state index in [2.05, 4.69) is 5.32 Å². The molecular weight excluding hydrogens is 381 g/mol. The summed E-state index contributed by atoms with van der Waals surface area (Å²) in [5.41, 5.74) is 1.88. The summed E-state index contributed by atoms with van der Waals surface area (Å²) in [6.45, 7) is 2.56. The van der Waals surface area contributed by atoms with Gasteiger partial charge in [0.25, 0.3) is 0 Å². The first-order valence-corrected chi connectivity index (χ1v) is 9.57. The maximum absolute atomic E-state index is 12.7. The average molecular weight is 404 g/mol. The highest BCUT2D eigenvalue weighted by molar-refractivity contribution is 5.87. The van der Waals surface area contributed by atoms with Gasteiger partial charge in [-0.25, -0.2) is 0 Å². The molecule has 1 atom stereocenters. The molecule has 1 saturated heterocycles. The maximum atomic E-state index is 12.7. The molecule has 2 aromatic carbocycles. The molecule has 0 aliphatic carbocycles. The second-order valence-corrected chi connectivity index (χ2v) is 7.18. The van der Waals surface area contributed by atoms with Crippen molar-refractivity contribution < 1.29 is 22.8 Å². The highest BCUT2D eigenvalue weighted by Crippen LogP contribution is 2.31. The van der Waals surface area contributed by atoms with E-state index in [4.69, 9.17) is 0 Å². The van der Waals surface area contributed by atoms with Gasteiger partial charge in [-0.15, -0.1) is 0 Å². The van der Waals surface area contributed by atoms with Gasteiger partial charge < -0.3 is 10.2 Å². The van der Waals surface area contributed by atoms with Crippen LogP contribution in [0.2, 0.25) is 0 Å². The summed E-state index contributed by atoms with van der Waals surface area (Å²) in [5, 5.41) is 2.89. The molecule has 29 heavy (non-hydrogen) atoms. The van der Waals surface area contributed by atoms with Gasteiger partial charge in [-0.2, -0.15) is 13.2 Å². The molecule has 1 aliphatic rings. The first-order valence-electron chi connectivity index (χ1n) is 9.57. The molecule has 3 rings (SSSR count). The third kappa shape index (κ3) is 5.16. The molecule has 4 nitrogen and oxygen atoms in total. The number of carbonyl (C=O) groups excluding carboxylic acids is 2. The molecule has 1 unspecified atom stereocenters. The highest BCUT2D eigenvalue weighted by atomic mass is 19.4. The third-order valence-electron chi connectivity index (χ3n) is 5.17. The zero-order valence-electron chi connectivity index (χ0n) is 16.1. The molecule has 0 aromatic heterocycles. The zero-order valence-corrected chi connectivity index (χ0v) is 16.1. The van der Waals surface area contributed by atoms with Crippen molar-refractivity contribution in [2.24, 2.45) is 0 Å². The lowest BCUT2D eigenvalue weighted by Crippen LogP contribution is -2.45. The molecule has 1 heterocycles. The van der Waals surface area contributed by atoms with E-state index in [-0.39, 0.29) is 17.9 Å². The number of rotatable bonds is 5. The number of carbonyl (C=O) groups is 2. The van der Waals surface area contributed by atoms with Crippen LogP contribution in [0.25, 0.3) is 11.1 Å². The van der Waals surface area contributed by atoms with E-state index < -0.39 is 11.7 Å². The van der Waals surface area contributed by atoms with E-state index in [0.717, 1.165) is 29.7 Å². The van der Waals surface area contributed by atoms with Crippen LogP contribution in [0.5, 0.6) is 0 Å². The van der Waals surface area contributed by atoms with E-state index in [0.29, 0.717) is 31.5 Å². The van der Waals surface area contributed by atoms with E-state index in [1.54, 1.807) is 4.90 Å². The normalized spacial score (nSPS) is 16.7. The van der Waals surface area contributed by atoms with Gasteiger partial charge in [-0.05, 0) is 48.1 Å². The van der Waals surface area contributed by atoms with Crippen LogP contribution in [-0.2, 0) is 22.2 Å². The first kappa shape index (κ1) is 20.9. The molecule has 0 radical (unpaired) electrons. The topological polar surface area (TPSA) is 49.4 Å². The van der Waals surface area contributed by atoms with E-state index >= 15 is 0 Å². The van der Waals surface area contributed by atoms with Crippen molar-refractivity contribution in [1.29, 1.82) is 0 Å². The van der Waals surface area contributed by atoms with Crippen LogP contribution >= 0.6 is 0 Å². The summed E-state index contributed by atoms with van der Waals surface area (Å²) in [4.78, 5) is 25.5. The summed E-state index contributed by atoms with van der Waals surface area (Å²) in [7, 11) is 0. The smallest absolute Gasteiger partial charge is 0.354 e. The Labute approximate surface area is 167 Å². The Morgan fingerprint density at radius 2 is 1.62 bits per heavy atom. The van der Waals surface area contributed by atoms with Gasteiger partial charge in [0, 0.05) is 20.0 Å². The number of halogens is 3. The van der Waals surface area contributed by atoms with Crippen molar-refractivity contribution in [2.75, 3.05) is 13.1 Å². The predicted molar refractivity (Wildman–Crippen MR) is 104 cm³/mol. The van der Waals surface area contributed by atoms with Crippen LogP contribution in [-0.4, -0.2) is 35.8 Å². The predicted octanol–water partition coefficient (Wildman–Crippen LogP) is 4.04. The van der Waals surface area contributed by atoms with Crippen molar-refractivity contribution >= 4 is 11.8 Å². The number of nitrogens with zero attached hydrogens (tertiary/aromatic N) is 1. The zero-order chi connectivity index (χ0) is 21.0. The molecule has 154 valence electrons. The van der Waals surface area contributed by atoms with Crippen LogP contribution in [0.15, 0.2) is 48.5 Å². The molecule has 1 N–H and O–H groups in total. The van der Waals surface area contributed by atoms with Gasteiger partial charge in [0.15, 0.2) is 0 Å². The maximum Gasteiger partial charge on any atom is 0.416 e. The number of nitrogens with one attached hydrogen (secondary N) is 1. The number of amides is 2. The molecule has 7 heteroatoms. The van der Waals surface area contributed by atoms with Crippen molar-refractivity contribution in [3.8, 4) is 11.1 Å². The minimum atomic E-state index is -4.34. The molecule has 0 saturated carbocycles. The van der Waals surface area contributed by atoms with Crippen molar-refractivity contribution in [2.45, 2.75) is 38.4 Å². The second-order valence-electron chi connectivity index (χ2n) is 7.18. The van der Waals surface area contributed by atoms with Crippen LogP contribution < -0.4 is 5.32 Å². The number of hydrogen-bond acceptors (Lipinski definition) is 2. The molecule has 2 amide bonds. The summed E-state index contributed by atoms with van der Waals surface area (Å²) < 4.78 is 38.0. The Balaban J connectivity index is 1.53. The Bertz CT molecular complexity index is 861. The minimum absolute atomic E-state index is 0.0819. The number of hydrogen-bond donors (Lipinski definition) is 1. The Morgan fingerprint density at radius 3 is 2.17 bits per heavy atom. The fourth-order valence-electron chi connectivity index (χ4n) is 3.58. The van der Waals surface area contributed by atoms with E-state index in [1.807, 2.05) is 24.3 Å². The largest absolute Gasteiger partial charge is 0.416 e. The van der Waals surface area contributed by atoms with Crippen LogP contribution in [0.3, 0.4) is 0 Å². The van der Waals surface area contributed by atoms with Gasteiger partial charge in [0.2, 0.25) is 11.8 Å². The van der Waals surface area contributed by atoms with Crippen LogP contribution in [0.4, 0.5) is 13.2 Å². The van der Waals surface area contributed by atoms with Gasteiger partial charge >= 0.3 is 6.18 Å². The highest BCUT2D eigenvalue weighted by Gasteiger charge is 2.32.